The van der Waals surface area contributed by atoms with Gasteiger partial charge in [0.2, 0.25) is 5.78 Å². The van der Waals surface area contributed by atoms with E-state index in [1.807, 2.05) is 0 Å². The highest BCUT2D eigenvalue weighted by Gasteiger charge is 2.91. The SMILES string of the molecule is O=C1C(C(F)(F)F)(C(F)(F)F)N=NC1(C(F)(F)F)C(F)(F)F. The van der Waals surface area contributed by atoms with E-state index >= 15 is 0 Å². The largest absolute Gasteiger partial charge is 0.431 e. The molecular formula is C7F12N2O. The van der Waals surface area contributed by atoms with Crippen LogP contribution in [0.5, 0.6) is 0 Å². The van der Waals surface area contributed by atoms with Crippen molar-refractivity contribution in [3.63, 3.8) is 0 Å². The van der Waals surface area contributed by atoms with Crippen molar-refractivity contribution in [3.8, 4) is 0 Å². The third kappa shape index (κ3) is 1.96. The molecule has 0 N–H and O–H groups in total. The van der Waals surface area contributed by atoms with Gasteiger partial charge >= 0.3 is 35.8 Å². The Bertz CT molecular complexity index is 434. The van der Waals surface area contributed by atoms with Crippen LogP contribution in [0.3, 0.4) is 0 Å². The summed E-state index contributed by atoms with van der Waals surface area (Å²) in [6, 6.07) is 0. The van der Waals surface area contributed by atoms with Gasteiger partial charge in [-0.3, -0.25) is 4.79 Å². The normalized spacial score (nSPS) is 22.3. The molecule has 3 nitrogen and oxygen atoms in total. The van der Waals surface area contributed by atoms with Crippen molar-refractivity contribution < 1.29 is 57.5 Å². The highest BCUT2D eigenvalue weighted by Crippen LogP contribution is 2.59. The van der Waals surface area contributed by atoms with Crippen LogP contribution in [-0.2, 0) is 4.79 Å². The van der Waals surface area contributed by atoms with Crippen molar-refractivity contribution in [2.45, 2.75) is 35.8 Å². The monoisotopic (exact) mass is 356 g/mol. The second-order valence-electron chi connectivity index (χ2n) is 3.94. The van der Waals surface area contributed by atoms with E-state index < -0.39 is 41.6 Å². The number of hydrogen-bond donors (Lipinski definition) is 0. The van der Waals surface area contributed by atoms with Crippen LogP contribution in [0.1, 0.15) is 0 Å². The number of carbonyl (C=O) groups is 1. The molecule has 0 radical (unpaired) electrons. The molecule has 1 rings (SSSR count). The molecular weight excluding hydrogens is 356 g/mol. The van der Waals surface area contributed by atoms with Crippen LogP contribution in [0.15, 0.2) is 10.2 Å². The summed E-state index contributed by atoms with van der Waals surface area (Å²) in [6.45, 7) is 0. The van der Waals surface area contributed by atoms with Gasteiger partial charge in [-0.2, -0.15) is 62.9 Å². The molecule has 0 aromatic rings. The number of alkyl halides is 12. The Labute approximate surface area is 111 Å². The van der Waals surface area contributed by atoms with E-state index in [0.29, 0.717) is 0 Å². The Morgan fingerprint density at radius 2 is 0.727 bits per heavy atom. The first-order valence-corrected chi connectivity index (χ1v) is 4.62. The Kier molecular flexibility index (Phi) is 3.57. The number of Topliss-reactive ketones (excluding diaryl/α,β-unsaturated/α-hetero) is 1. The maximum atomic E-state index is 12.5. The van der Waals surface area contributed by atoms with Crippen molar-refractivity contribution in [1.29, 1.82) is 0 Å². The van der Waals surface area contributed by atoms with Gasteiger partial charge in [-0.25, -0.2) is 0 Å². The molecule has 0 aromatic heterocycles. The number of carbonyl (C=O) groups excluding carboxylic acids is 1. The van der Waals surface area contributed by atoms with Gasteiger partial charge in [-0.05, 0) is 0 Å². The third-order valence-electron chi connectivity index (χ3n) is 2.65. The smallest absolute Gasteiger partial charge is 0.292 e. The summed E-state index contributed by atoms with van der Waals surface area (Å²) in [4.78, 5) is 11.1. The molecule has 22 heavy (non-hydrogen) atoms. The summed E-state index contributed by atoms with van der Waals surface area (Å²) in [6.07, 6.45) is -27.7. The van der Waals surface area contributed by atoms with Crippen LogP contribution in [-0.4, -0.2) is 41.6 Å². The second-order valence-corrected chi connectivity index (χ2v) is 3.94. The Morgan fingerprint density at radius 3 is 0.818 bits per heavy atom. The van der Waals surface area contributed by atoms with Crippen molar-refractivity contribution in [1.82, 2.24) is 0 Å². The van der Waals surface area contributed by atoms with Crippen molar-refractivity contribution in [3.05, 3.63) is 0 Å². The number of azo groups is 1. The fraction of sp³-hybridized carbons (Fsp3) is 0.857. The topological polar surface area (TPSA) is 41.8 Å². The van der Waals surface area contributed by atoms with Gasteiger partial charge in [-0.1, -0.05) is 0 Å². The van der Waals surface area contributed by atoms with Gasteiger partial charge in [0, 0.05) is 0 Å². The number of ketones is 1. The van der Waals surface area contributed by atoms with E-state index in [1.54, 1.807) is 0 Å². The zero-order chi connectivity index (χ0) is 18.0. The minimum atomic E-state index is -6.91. The molecule has 0 saturated heterocycles. The molecule has 0 amide bonds. The first kappa shape index (κ1) is 18.5. The fourth-order valence-electron chi connectivity index (χ4n) is 1.57. The molecule has 0 bridgehead atoms. The molecule has 0 unspecified atom stereocenters. The molecule has 0 aliphatic carbocycles. The lowest BCUT2D eigenvalue weighted by atomic mass is 9.81. The number of halogens is 12. The van der Waals surface area contributed by atoms with E-state index in [4.69, 9.17) is 0 Å². The fourth-order valence-corrected chi connectivity index (χ4v) is 1.57. The molecule has 1 aliphatic rings. The van der Waals surface area contributed by atoms with Gasteiger partial charge in [0.15, 0.2) is 0 Å². The molecule has 128 valence electrons. The zero-order valence-electron chi connectivity index (χ0n) is 9.34. The maximum Gasteiger partial charge on any atom is 0.431 e. The quantitative estimate of drug-likeness (QED) is 0.610. The standard InChI is InChI=1S/C7F12N2O/c8-4(9,10)2(5(11,12)13)1(22)3(21-20-2,6(14,15)16)7(17,18)19. The summed E-state index contributed by atoms with van der Waals surface area (Å²) < 4.78 is 149. The van der Waals surface area contributed by atoms with E-state index in [2.05, 4.69) is 0 Å². The Hall–Kier alpha value is -1.57. The molecule has 0 fully saturated rings. The number of hydrogen-bond acceptors (Lipinski definition) is 3. The van der Waals surface area contributed by atoms with Gasteiger partial charge in [-0.15, -0.1) is 0 Å². The van der Waals surface area contributed by atoms with Gasteiger partial charge in [0.05, 0.1) is 0 Å². The van der Waals surface area contributed by atoms with Crippen molar-refractivity contribution >= 4 is 5.78 Å². The minimum Gasteiger partial charge on any atom is -0.292 e. The van der Waals surface area contributed by atoms with Crippen molar-refractivity contribution in [2.75, 3.05) is 0 Å². The number of nitrogens with zero attached hydrogens (tertiary/aromatic N) is 2. The summed E-state index contributed by atoms with van der Waals surface area (Å²) in [5.41, 5.74) is -12.5. The molecule has 0 aromatic carbocycles. The average molecular weight is 356 g/mol. The highest BCUT2D eigenvalue weighted by atomic mass is 19.4. The Balaban J connectivity index is 3.78. The summed E-state index contributed by atoms with van der Waals surface area (Å²) >= 11 is 0. The van der Waals surface area contributed by atoms with Gasteiger partial charge in [0.25, 0.3) is 0 Å². The van der Waals surface area contributed by atoms with E-state index in [9.17, 15) is 57.5 Å². The van der Waals surface area contributed by atoms with Crippen LogP contribution < -0.4 is 0 Å². The van der Waals surface area contributed by atoms with Crippen LogP contribution in [0.2, 0.25) is 0 Å². The zero-order valence-corrected chi connectivity index (χ0v) is 9.34. The minimum absolute atomic E-state index is 1.06. The molecule has 1 heterocycles. The van der Waals surface area contributed by atoms with E-state index in [-0.39, 0.29) is 0 Å². The lowest BCUT2D eigenvalue weighted by Gasteiger charge is -2.33. The van der Waals surface area contributed by atoms with Crippen LogP contribution in [0.25, 0.3) is 0 Å². The molecule has 1 aliphatic heterocycles. The Morgan fingerprint density at radius 1 is 0.545 bits per heavy atom. The first-order chi connectivity index (χ1) is 9.36. The number of rotatable bonds is 0. The average Bonchev–Trinajstić information content (AvgIpc) is 2.49. The highest BCUT2D eigenvalue weighted by molar-refractivity contribution is 6.01. The molecule has 0 spiro atoms. The molecule has 0 atom stereocenters. The summed E-state index contributed by atoms with van der Waals surface area (Å²) in [5, 5.41) is 2.13. The van der Waals surface area contributed by atoms with Crippen molar-refractivity contribution in [2.24, 2.45) is 10.2 Å². The second kappa shape index (κ2) is 4.24. The third-order valence-corrected chi connectivity index (χ3v) is 2.65. The maximum absolute atomic E-state index is 12.5. The van der Waals surface area contributed by atoms with E-state index in [1.165, 1.54) is 0 Å². The van der Waals surface area contributed by atoms with Gasteiger partial charge < -0.3 is 0 Å². The first-order valence-electron chi connectivity index (χ1n) is 4.62. The summed E-state index contributed by atoms with van der Waals surface area (Å²) in [5.74, 6) is -4.32. The van der Waals surface area contributed by atoms with Gasteiger partial charge in [0.1, 0.15) is 0 Å². The van der Waals surface area contributed by atoms with Crippen LogP contribution in [0.4, 0.5) is 52.7 Å². The summed E-state index contributed by atoms with van der Waals surface area (Å²) in [7, 11) is 0. The molecule has 15 heteroatoms. The lowest BCUT2D eigenvalue weighted by molar-refractivity contribution is -0.300. The predicted molar refractivity (Wildman–Crippen MR) is 39.5 cm³/mol. The predicted octanol–water partition coefficient (Wildman–Crippen LogP) is 3.75. The van der Waals surface area contributed by atoms with E-state index in [0.717, 1.165) is 10.2 Å². The van der Waals surface area contributed by atoms with Crippen LogP contribution >= 0.6 is 0 Å². The lowest BCUT2D eigenvalue weighted by Crippen LogP contribution is -2.69. The van der Waals surface area contributed by atoms with Crippen LogP contribution in [0, 0.1) is 0 Å². The molecule has 0 saturated carbocycles.